The molecule has 0 unspecified atom stereocenters. The van der Waals surface area contributed by atoms with Gasteiger partial charge in [-0.25, -0.2) is 4.79 Å². The van der Waals surface area contributed by atoms with E-state index in [0.29, 0.717) is 11.3 Å². The normalized spacial score (nSPS) is 10.1. The molecule has 0 aliphatic carbocycles. The molecule has 0 atom stereocenters. The van der Waals surface area contributed by atoms with E-state index in [4.69, 9.17) is 10.2 Å². The van der Waals surface area contributed by atoms with Crippen molar-refractivity contribution < 1.29 is 13.9 Å². The van der Waals surface area contributed by atoms with Gasteiger partial charge in [0.25, 0.3) is 0 Å². The molecule has 2 N–H and O–H groups in total. The SMILES string of the molecule is COC(=O)c1ccc(-c2ccoc2)cc1N. The van der Waals surface area contributed by atoms with Crippen LogP contribution in [0.1, 0.15) is 10.4 Å². The Hall–Kier alpha value is -2.23. The second kappa shape index (κ2) is 4.10. The topological polar surface area (TPSA) is 65.5 Å². The summed E-state index contributed by atoms with van der Waals surface area (Å²) in [4.78, 5) is 11.3. The maximum absolute atomic E-state index is 11.3. The summed E-state index contributed by atoms with van der Waals surface area (Å²) in [6, 6.07) is 6.99. The first kappa shape index (κ1) is 10.3. The quantitative estimate of drug-likeness (QED) is 0.619. The molecule has 0 radical (unpaired) electrons. The smallest absolute Gasteiger partial charge is 0.339 e. The van der Waals surface area contributed by atoms with Crippen LogP contribution in [0.5, 0.6) is 0 Å². The highest BCUT2D eigenvalue weighted by Crippen LogP contribution is 2.24. The van der Waals surface area contributed by atoms with Crippen LogP contribution in [0.25, 0.3) is 11.1 Å². The van der Waals surface area contributed by atoms with E-state index in [1.165, 1.54) is 7.11 Å². The Morgan fingerprint density at radius 1 is 1.31 bits per heavy atom. The number of methoxy groups -OCH3 is 1. The van der Waals surface area contributed by atoms with Crippen molar-refractivity contribution in [1.82, 2.24) is 0 Å². The van der Waals surface area contributed by atoms with Crippen LogP contribution in [0.2, 0.25) is 0 Å². The Balaban J connectivity index is 2.41. The van der Waals surface area contributed by atoms with Gasteiger partial charge in [-0.2, -0.15) is 0 Å². The standard InChI is InChI=1S/C12H11NO3/c1-15-12(14)10-3-2-8(6-11(10)13)9-4-5-16-7-9/h2-7H,13H2,1H3. The van der Waals surface area contributed by atoms with Crippen molar-refractivity contribution in [2.45, 2.75) is 0 Å². The molecule has 0 saturated heterocycles. The lowest BCUT2D eigenvalue weighted by atomic mass is 10.1. The maximum atomic E-state index is 11.3. The number of esters is 1. The molecule has 4 nitrogen and oxygen atoms in total. The molecule has 2 aromatic rings. The predicted molar refractivity (Wildman–Crippen MR) is 59.9 cm³/mol. The Bertz CT molecular complexity index is 503. The number of carbonyl (C=O) groups excluding carboxylic acids is 1. The summed E-state index contributed by atoms with van der Waals surface area (Å²) in [7, 11) is 1.33. The highest BCUT2D eigenvalue weighted by molar-refractivity contribution is 5.96. The van der Waals surface area contributed by atoms with E-state index < -0.39 is 5.97 Å². The number of nitrogen functional groups attached to an aromatic ring is 1. The molecule has 0 fully saturated rings. The molecule has 0 saturated carbocycles. The molecule has 0 aliphatic rings. The molecule has 82 valence electrons. The first-order chi connectivity index (χ1) is 7.72. The first-order valence-corrected chi connectivity index (χ1v) is 4.73. The molecule has 16 heavy (non-hydrogen) atoms. The summed E-state index contributed by atoms with van der Waals surface area (Å²) in [5.74, 6) is -0.434. The minimum absolute atomic E-state index is 0.370. The van der Waals surface area contributed by atoms with Crippen molar-refractivity contribution >= 4 is 11.7 Å². The van der Waals surface area contributed by atoms with Crippen LogP contribution in [0.3, 0.4) is 0 Å². The van der Waals surface area contributed by atoms with Crippen molar-refractivity contribution in [1.29, 1.82) is 0 Å². The number of furan rings is 1. The van der Waals surface area contributed by atoms with E-state index in [-0.39, 0.29) is 0 Å². The minimum atomic E-state index is -0.434. The number of hydrogen-bond donors (Lipinski definition) is 1. The van der Waals surface area contributed by atoms with Crippen LogP contribution in [0, 0.1) is 0 Å². The van der Waals surface area contributed by atoms with E-state index in [9.17, 15) is 4.79 Å². The number of benzene rings is 1. The van der Waals surface area contributed by atoms with E-state index in [1.807, 2.05) is 6.07 Å². The number of hydrogen-bond acceptors (Lipinski definition) is 4. The van der Waals surface area contributed by atoms with Gasteiger partial charge >= 0.3 is 5.97 Å². The fourth-order valence-electron chi connectivity index (χ4n) is 1.47. The Morgan fingerprint density at radius 3 is 2.69 bits per heavy atom. The molecule has 0 bridgehead atoms. The highest BCUT2D eigenvalue weighted by atomic mass is 16.5. The first-order valence-electron chi connectivity index (χ1n) is 4.73. The summed E-state index contributed by atoms with van der Waals surface area (Å²) >= 11 is 0. The number of ether oxygens (including phenoxy) is 1. The van der Waals surface area contributed by atoms with Crippen molar-refractivity contribution in [3.8, 4) is 11.1 Å². The van der Waals surface area contributed by atoms with Gasteiger partial charge in [0.15, 0.2) is 0 Å². The average molecular weight is 217 g/mol. The van der Waals surface area contributed by atoms with E-state index in [1.54, 1.807) is 30.7 Å². The zero-order chi connectivity index (χ0) is 11.5. The number of rotatable bonds is 2. The average Bonchev–Trinajstić information content (AvgIpc) is 2.81. The lowest BCUT2D eigenvalue weighted by Gasteiger charge is -2.05. The van der Waals surface area contributed by atoms with E-state index >= 15 is 0 Å². The second-order valence-electron chi connectivity index (χ2n) is 3.31. The van der Waals surface area contributed by atoms with Gasteiger partial charge in [-0.3, -0.25) is 0 Å². The fourth-order valence-corrected chi connectivity index (χ4v) is 1.47. The van der Waals surface area contributed by atoms with Crippen molar-refractivity contribution in [2.75, 3.05) is 12.8 Å². The van der Waals surface area contributed by atoms with Gasteiger partial charge in [-0.1, -0.05) is 6.07 Å². The van der Waals surface area contributed by atoms with Crippen molar-refractivity contribution in [3.63, 3.8) is 0 Å². The number of carbonyl (C=O) groups is 1. The molecule has 1 aromatic heterocycles. The molecule has 1 heterocycles. The van der Waals surface area contributed by atoms with Gasteiger partial charge in [0.2, 0.25) is 0 Å². The third-order valence-corrected chi connectivity index (χ3v) is 2.31. The van der Waals surface area contributed by atoms with Crippen LogP contribution in [-0.2, 0) is 4.74 Å². The number of nitrogens with two attached hydrogens (primary N) is 1. The monoisotopic (exact) mass is 217 g/mol. The van der Waals surface area contributed by atoms with Crippen LogP contribution < -0.4 is 5.73 Å². The predicted octanol–water partition coefficient (Wildman–Crippen LogP) is 2.32. The maximum Gasteiger partial charge on any atom is 0.339 e. The zero-order valence-electron chi connectivity index (χ0n) is 8.77. The molecule has 0 amide bonds. The number of anilines is 1. The van der Waals surface area contributed by atoms with Gasteiger partial charge in [-0.05, 0) is 23.8 Å². The molecular weight excluding hydrogens is 206 g/mol. The summed E-state index contributed by atoms with van der Waals surface area (Å²) in [5.41, 5.74) is 8.36. The Labute approximate surface area is 92.6 Å². The molecular formula is C12H11NO3. The van der Waals surface area contributed by atoms with Gasteiger partial charge in [-0.15, -0.1) is 0 Å². The highest BCUT2D eigenvalue weighted by Gasteiger charge is 2.10. The molecule has 2 rings (SSSR count). The summed E-state index contributed by atoms with van der Waals surface area (Å²) in [6.07, 6.45) is 3.20. The third kappa shape index (κ3) is 1.77. The van der Waals surface area contributed by atoms with Crippen molar-refractivity contribution in [2.24, 2.45) is 0 Å². The third-order valence-electron chi connectivity index (χ3n) is 2.31. The van der Waals surface area contributed by atoms with Crippen molar-refractivity contribution in [3.05, 3.63) is 42.4 Å². The van der Waals surface area contributed by atoms with Crippen LogP contribution in [0.15, 0.2) is 41.2 Å². The van der Waals surface area contributed by atoms with Gasteiger partial charge in [0.1, 0.15) is 0 Å². The minimum Gasteiger partial charge on any atom is -0.472 e. The van der Waals surface area contributed by atoms with E-state index in [0.717, 1.165) is 11.1 Å². The largest absolute Gasteiger partial charge is 0.472 e. The Kier molecular flexibility index (Phi) is 2.64. The van der Waals surface area contributed by atoms with Crippen LogP contribution in [-0.4, -0.2) is 13.1 Å². The fraction of sp³-hybridized carbons (Fsp3) is 0.0833. The summed E-state index contributed by atoms with van der Waals surface area (Å²) < 4.78 is 9.59. The van der Waals surface area contributed by atoms with Crippen LogP contribution >= 0.6 is 0 Å². The summed E-state index contributed by atoms with van der Waals surface area (Å²) in [6.45, 7) is 0. The Morgan fingerprint density at radius 2 is 2.12 bits per heavy atom. The van der Waals surface area contributed by atoms with Gasteiger partial charge in [0.05, 0.1) is 25.2 Å². The molecule has 4 heteroatoms. The lowest BCUT2D eigenvalue weighted by Crippen LogP contribution is -2.05. The van der Waals surface area contributed by atoms with Gasteiger partial charge < -0.3 is 14.9 Å². The summed E-state index contributed by atoms with van der Waals surface area (Å²) in [5, 5.41) is 0. The van der Waals surface area contributed by atoms with Crippen LogP contribution in [0.4, 0.5) is 5.69 Å². The van der Waals surface area contributed by atoms with Gasteiger partial charge in [0, 0.05) is 11.3 Å². The zero-order valence-corrected chi connectivity index (χ0v) is 8.77. The second-order valence-corrected chi connectivity index (χ2v) is 3.31. The van der Waals surface area contributed by atoms with E-state index in [2.05, 4.69) is 4.74 Å². The molecule has 0 spiro atoms. The lowest BCUT2D eigenvalue weighted by molar-refractivity contribution is 0.0602. The molecule has 0 aliphatic heterocycles. The molecule has 1 aromatic carbocycles.